The minimum atomic E-state index is 0.471. The van der Waals surface area contributed by atoms with E-state index in [1.807, 2.05) is 48.5 Å². The number of hydrogen-bond donors (Lipinski definition) is 0. The highest BCUT2D eigenvalue weighted by Gasteiger charge is 2.02. The first kappa shape index (κ1) is 14.7. The number of methoxy groups -OCH3 is 1. The Kier molecular flexibility index (Phi) is 5.74. The minimum absolute atomic E-state index is 0.471. The van der Waals surface area contributed by atoms with Crippen LogP contribution < -0.4 is 14.2 Å². The predicted octanol–water partition coefficient (Wildman–Crippen LogP) is 4.05. The number of hydrogen-bond acceptors (Lipinski definition) is 3. The van der Waals surface area contributed by atoms with E-state index in [0.717, 1.165) is 22.6 Å². The van der Waals surface area contributed by atoms with Gasteiger partial charge >= 0.3 is 0 Å². The number of alkyl halides is 1. The SMILES string of the molecule is COc1ccccc1OCCOc1cccc(CBr)c1. The fourth-order valence-corrected chi connectivity index (χ4v) is 2.12. The summed E-state index contributed by atoms with van der Waals surface area (Å²) in [4.78, 5) is 0. The molecule has 3 nitrogen and oxygen atoms in total. The molecule has 0 saturated carbocycles. The first-order valence-electron chi connectivity index (χ1n) is 6.37. The van der Waals surface area contributed by atoms with Crippen LogP contribution in [-0.4, -0.2) is 20.3 Å². The molecule has 0 aliphatic heterocycles. The summed E-state index contributed by atoms with van der Waals surface area (Å²) >= 11 is 3.43. The quantitative estimate of drug-likeness (QED) is 0.564. The Labute approximate surface area is 127 Å². The molecule has 0 unspecified atom stereocenters. The number of ether oxygens (including phenoxy) is 3. The Hall–Kier alpha value is -1.68. The molecule has 0 radical (unpaired) electrons. The Bertz CT molecular complexity index is 543. The second kappa shape index (κ2) is 7.80. The van der Waals surface area contributed by atoms with Crippen LogP contribution in [0.25, 0.3) is 0 Å². The molecule has 4 heteroatoms. The van der Waals surface area contributed by atoms with Crippen molar-refractivity contribution in [3.05, 3.63) is 54.1 Å². The van der Waals surface area contributed by atoms with E-state index in [2.05, 4.69) is 15.9 Å². The smallest absolute Gasteiger partial charge is 0.161 e. The van der Waals surface area contributed by atoms with Crippen molar-refractivity contribution < 1.29 is 14.2 Å². The maximum atomic E-state index is 5.66. The molecular formula is C16H17BrO3. The molecular weight excluding hydrogens is 320 g/mol. The van der Waals surface area contributed by atoms with E-state index in [4.69, 9.17) is 14.2 Å². The second-order valence-corrected chi connectivity index (χ2v) is 4.69. The van der Waals surface area contributed by atoms with Gasteiger partial charge in [0.25, 0.3) is 0 Å². The Morgan fingerprint density at radius 3 is 2.40 bits per heavy atom. The number of benzene rings is 2. The molecule has 0 saturated heterocycles. The van der Waals surface area contributed by atoms with Gasteiger partial charge in [0.1, 0.15) is 19.0 Å². The first-order chi connectivity index (χ1) is 9.83. The Morgan fingerprint density at radius 2 is 1.65 bits per heavy atom. The highest BCUT2D eigenvalue weighted by Crippen LogP contribution is 2.25. The highest BCUT2D eigenvalue weighted by molar-refractivity contribution is 9.08. The van der Waals surface area contributed by atoms with Crippen molar-refractivity contribution >= 4 is 15.9 Å². The van der Waals surface area contributed by atoms with Crippen LogP contribution in [-0.2, 0) is 5.33 Å². The van der Waals surface area contributed by atoms with Crippen LogP contribution in [0.3, 0.4) is 0 Å². The molecule has 20 heavy (non-hydrogen) atoms. The summed E-state index contributed by atoms with van der Waals surface area (Å²) in [6.45, 7) is 0.961. The predicted molar refractivity (Wildman–Crippen MR) is 83.1 cm³/mol. The molecule has 0 N–H and O–H groups in total. The van der Waals surface area contributed by atoms with Gasteiger partial charge in [0.05, 0.1) is 7.11 Å². The summed E-state index contributed by atoms with van der Waals surface area (Å²) in [6, 6.07) is 15.6. The Balaban J connectivity index is 1.81. The van der Waals surface area contributed by atoms with Crippen molar-refractivity contribution in [2.75, 3.05) is 20.3 Å². The summed E-state index contributed by atoms with van der Waals surface area (Å²) in [6.07, 6.45) is 0. The van der Waals surface area contributed by atoms with Crippen LogP contribution in [0, 0.1) is 0 Å². The molecule has 0 amide bonds. The first-order valence-corrected chi connectivity index (χ1v) is 7.49. The average Bonchev–Trinajstić information content (AvgIpc) is 2.52. The lowest BCUT2D eigenvalue weighted by atomic mass is 10.2. The maximum absolute atomic E-state index is 5.66. The van der Waals surface area contributed by atoms with E-state index in [0.29, 0.717) is 13.2 Å². The number of halogens is 1. The van der Waals surface area contributed by atoms with Crippen LogP contribution in [0.1, 0.15) is 5.56 Å². The molecule has 0 bridgehead atoms. The number of para-hydroxylation sites is 2. The van der Waals surface area contributed by atoms with Crippen molar-refractivity contribution in [3.63, 3.8) is 0 Å². The van der Waals surface area contributed by atoms with Crippen LogP contribution in [0.4, 0.5) is 0 Å². The van der Waals surface area contributed by atoms with E-state index in [-0.39, 0.29) is 0 Å². The molecule has 0 aliphatic rings. The van der Waals surface area contributed by atoms with Crippen LogP contribution in [0.15, 0.2) is 48.5 Å². The van der Waals surface area contributed by atoms with Gasteiger partial charge in [0.2, 0.25) is 0 Å². The molecule has 0 spiro atoms. The van der Waals surface area contributed by atoms with E-state index >= 15 is 0 Å². The lowest BCUT2D eigenvalue weighted by Crippen LogP contribution is -2.09. The topological polar surface area (TPSA) is 27.7 Å². The molecule has 0 fully saturated rings. The molecule has 0 atom stereocenters. The van der Waals surface area contributed by atoms with Crippen molar-refractivity contribution in [3.8, 4) is 17.2 Å². The van der Waals surface area contributed by atoms with Gasteiger partial charge in [-0.2, -0.15) is 0 Å². The molecule has 2 rings (SSSR count). The molecule has 0 heterocycles. The monoisotopic (exact) mass is 336 g/mol. The van der Waals surface area contributed by atoms with E-state index in [1.54, 1.807) is 7.11 Å². The van der Waals surface area contributed by atoms with Gasteiger partial charge in [-0.05, 0) is 29.8 Å². The lowest BCUT2D eigenvalue weighted by Gasteiger charge is -2.11. The third-order valence-electron chi connectivity index (χ3n) is 2.73. The van der Waals surface area contributed by atoms with Gasteiger partial charge in [-0.1, -0.05) is 40.2 Å². The summed E-state index contributed by atoms with van der Waals surface area (Å²) < 4.78 is 16.5. The standard InChI is InChI=1S/C16H17BrO3/c1-18-15-7-2-3-8-16(15)20-10-9-19-14-6-4-5-13(11-14)12-17/h2-8,11H,9-10,12H2,1H3. The zero-order valence-corrected chi connectivity index (χ0v) is 12.9. The highest BCUT2D eigenvalue weighted by atomic mass is 79.9. The van der Waals surface area contributed by atoms with Crippen molar-refractivity contribution in [1.29, 1.82) is 0 Å². The van der Waals surface area contributed by atoms with Crippen molar-refractivity contribution in [2.24, 2.45) is 0 Å². The summed E-state index contributed by atoms with van der Waals surface area (Å²) in [5.41, 5.74) is 1.19. The fraction of sp³-hybridized carbons (Fsp3) is 0.250. The fourth-order valence-electron chi connectivity index (χ4n) is 1.77. The number of rotatable bonds is 7. The molecule has 0 aliphatic carbocycles. The average molecular weight is 337 g/mol. The van der Waals surface area contributed by atoms with Gasteiger partial charge in [0.15, 0.2) is 11.5 Å². The second-order valence-electron chi connectivity index (χ2n) is 4.13. The van der Waals surface area contributed by atoms with Gasteiger partial charge in [-0.25, -0.2) is 0 Å². The Morgan fingerprint density at radius 1 is 0.900 bits per heavy atom. The van der Waals surface area contributed by atoms with Gasteiger partial charge in [-0.3, -0.25) is 0 Å². The van der Waals surface area contributed by atoms with E-state index in [1.165, 1.54) is 5.56 Å². The summed E-state index contributed by atoms with van der Waals surface area (Å²) in [7, 11) is 1.63. The van der Waals surface area contributed by atoms with E-state index < -0.39 is 0 Å². The normalized spacial score (nSPS) is 10.1. The zero-order chi connectivity index (χ0) is 14.2. The van der Waals surface area contributed by atoms with Gasteiger partial charge < -0.3 is 14.2 Å². The minimum Gasteiger partial charge on any atom is -0.493 e. The van der Waals surface area contributed by atoms with Crippen molar-refractivity contribution in [1.82, 2.24) is 0 Å². The van der Waals surface area contributed by atoms with Crippen LogP contribution in [0.2, 0.25) is 0 Å². The molecule has 2 aromatic carbocycles. The van der Waals surface area contributed by atoms with E-state index in [9.17, 15) is 0 Å². The zero-order valence-electron chi connectivity index (χ0n) is 11.3. The third-order valence-corrected chi connectivity index (χ3v) is 3.38. The van der Waals surface area contributed by atoms with Gasteiger partial charge in [-0.15, -0.1) is 0 Å². The summed E-state index contributed by atoms with van der Waals surface area (Å²) in [5, 5.41) is 0.821. The van der Waals surface area contributed by atoms with Crippen LogP contribution in [0.5, 0.6) is 17.2 Å². The third kappa shape index (κ3) is 4.17. The molecule has 106 valence electrons. The largest absolute Gasteiger partial charge is 0.493 e. The molecule has 2 aromatic rings. The maximum Gasteiger partial charge on any atom is 0.161 e. The molecule has 0 aromatic heterocycles. The van der Waals surface area contributed by atoms with Gasteiger partial charge in [0, 0.05) is 5.33 Å². The van der Waals surface area contributed by atoms with Crippen LogP contribution >= 0.6 is 15.9 Å². The summed E-state index contributed by atoms with van der Waals surface area (Å²) in [5.74, 6) is 2.31. The lowest BCUT2D eigenvalue weighted by molar-refractivity contribution is 0.211. The van der Waals surface area contributed by atoms with Crippen molar-refractivity contribution in [2.45, 2.75) is 5.33 Å².